The zero-order valence-electron chi connectivity index (χ0n) is 12.0. The number of carbonyl (C=O) groups excluding carboxylic acids is 1. The Morgan fingerprint density at radius 2 is 2.05 bits per heavy atom. The second kappa shape index (κ2) is 6.87. The van der Waals surface area contributed by atoms with Gasteiger partial charge in [-0.1, -0.05) is 30.3 Å². The summed E-state index contributed by atoms with van der Waals surface area (Å²) >= 11 is 1.52. The third kappa shape index (κ3) is 3.80. The van der Waals surface area contributed by atoms with Crippen LogP contribution in [0.2, 0.25) is 0 Å². The molecule has 2 rings (SSSR count). The van der Waals surface area contributed by atoms with Crippen molar-refractivity contribution in [2.75, 3.05) is 0 Å². The van der Waals surface area contributed by atoms with E-state index in [4.69, 9.17) is 0 Å². The Balaban J connectivity index is 2.13. The molecule has 1 aromatic carbocycles. The highest BCUT2D eigenvalue weighted by molar-refractivity contribution is 7.11. The Labute approximate surface area is 128 Å². The monoisotopic (exact) mass is 296 g/mol. The molecule has 1 aromatic heterocycles. The average molecular weight is 296 g/mol. The molecule has 0 saturated heterocycles. The first kappa shape index (κ1) is 15.0. The maximum atomic E-state index is 12.2. The van der Waals surface area contributed by atoms with Gasteiger partial charge < -0.3 is 5.32 Å². The normalized spacial score (nSPS) is 12.5. The molecule has 106 valence electrons. The molecule has 0 radical (unpaired) electrons. The SMILES string of the molecule is Cc1ccsc1/C=C(\C#N)C(=O)N[C@H](C)c1ccccc1. The van der Waals surface area contributed by atoms with Crippen molar-refractivity contribution in [1.82, 2.24) is 5.32 Å². The van der Waals surface area contributed by atoms with Gasteiger partial charge in [0.25, 0.3) is 5.91 Å². The molecular weight excluding hydrogens is 280 g/mol. The van der Waals surface area contributed by atoms with Crippen molar-refractivity contribution in [2.24, 2.45) is 0 Å². The number of thiophene rings is 1. The molecule has 0 unspecified atom stereocenters. The van der Waals surface area contributed by atoms with Gasteiger partial charge in [-0.05, 0) is 42.5 Å². The van der Waals surface area contributed by atoms with Gasteiger partial charge in [0.1, 0.15) is 11.6 Å². The Hall–Kier alpha value is -2.38. The molecule has 0 bridgehead atoms. The molecule has 0 aliphatic heterocycles. The molecule has 1 N–H and O–H groups in total. The lowest BCUT2D eigenvalue weighted by Crippen LogP contribution is -2.27. The number of hydrogen-bond acceptors (Lipinski definition) is 3. The summed E-state index contributed by atoms with van der Waals surface area (Å²) in [6.07, 6.45) is 1.65. The molecule has 0 spiro atoms. The molecule has 1 heterocycles. The van der Waals surface area contributed by atoms with Gasteiger partial charge in [0, 0.05) is 4.88 Å². The van der Waals surface area contributed by atoms with Crippen LogP contribution in [0.15, 0.2) is 47.4 Å². The number of aryl methyl sites for hydroxylation is 1. The molecular formula is C17H16N2OS. The summed E-state index contributed by atoms with van der Waals surface area (Å²) in [5, 5.41) is 14.0. The van der Waals surface area contributed by atoms with E-state index in [9.17, 15) is 10.1 Å². The zero-order valence-corrected chi connectivity index (χ0v) is 12.8. The number of benzene rings is 1. The molecule has 0 aliphatic carbocycles. The first-order chi connectivity index (χ1) is 10.1. The van der Waals surface area contributed by atoms with E-state index < -0.39 is 0 Å². The van der Waals surface area contributed by atoms with Gasteiger partial charge in [-0.25, -0.2) is 0 Å². The summed E-state index contributed by atoms with van der Waals surface area (Å²) in [7, 11) is 0. The van der Waals surface area contributed by atoms with Crippen LogP contribution < -0.4 is 5.32 Å². The van der Waals surface area contributed by atoms with Gasteiger partial charge in [-0.2, -0.15) is 5.26 Å². The van der Waals surface area contributed by atoms with Gasteiger partial charge in [0.15, 0.2) is 0 Å². The van der Waals surface area contributed by atoms with E-state index >= 15 is 0 Å². The summed E-state index contributed by atoms with van der Waals surface area (Å²) in [6, 6.07) is 13.5. The van der Waals surface area contributed by atoms with Crippen LogP contribution in [-0.2, 0) is 4.79 Å². The van der Waals surface area contributed by atoms with E-state index in [1.807, 2.05) is 61.7 Å². The number of nitrogens with zero attached hydrogens (tertiary/aromatic N) is 1. The Bertz CT molecular complexity index is 695. The van der Waals surface area contributed by atoms with Crippen molar-refractivity contribution >= 4 is 23.3 Å². The smallest absolute Gasteiger partial charge is 0.262 e. The minimum atomic E-state index is -0.346. The van der Waals surface area contributed by atoms with Gasteiger partial charge in [0.2, 0.25) is 0 Å². The second-order valence-electron chi connectivity index (χ2n) is 4.74. The standard InChI is InChI=1S/C17H16N2OS/c1-12-8-9-21-16(12)10-15(11-18)17(20)19-13(2)14-6-4-3-5-7-14/h3-10,13H,1-2H3,(H,19,20)/b15-10+/t13-/m1/s1. The fraction of sp³-hybridized carbons (Fsp3) is 0.176. The number of amides is 1. The minimum absolute atomic E-state index is 0.128. The van der Waals surface area contributed by atoms with E-state index in [1.165, 1.54) is 11.3 Å². The summed E-state index contributed by atoms with van der Waals surface area (Å²) in [5.74, 6) is -0.346. The first-order valence-corrected chi connectivity index (χ1v) is 7.51. The van der Waals surface area contributed by atoms with Crippen molar-refractivity contribution in [3.05, 3.63) is 63.4 Å². The average Bonchev–Trinajstić information content (AvgIpc) is 2.90. The quantitative estimate of drug-likeness (QED) is 0.688. The largest absolute Gasteiger partial charge is 0.345 e. The van der Waals surface area contributed by atoms with Crippen LogP contribution in [0, 0.1) is 18.3 Å². The van der Waals surface area contributed by atoms with Crippen molar-refractivity contribution in [3.8, 4) is 6.07 Å². The number of carbonyl (C=O) groups is 1. The number of rotatable bonds is 4. The lowest BCUT2D eigenvalue weighted by Gasteiger charge is -2.13. The fourth-order valence-corrected chi connectivity index (χ4v) is 2.77. The van der Waals surface area contributed by atoms with Crippen molar-refractivity contribution in [2.45, 2.75) is 19.9 Å². The molecule has 21 heavy (non-hydrogen) atoms. The summed E-state index contributed by atoms with van der Waals surface area (Å²) in [4.78, 5) is 13.1. The molecule has 1 atom stereocenters. The first-order valence-electron chi connectivity index (χ1n) is 6.63. The van der Waals surface area contributed by atoms with Crippen molar-refractivity contribution < 1.29 is 4.79 Å². The molecule has 0 fully saturated rings. The molecule has 0 saturated carbocycles. The fourth-order valence-electron chi connectivity index (χ4n) is 1.91. The topological polar surface area (TPSA) is 52.9 Å². The van der Waals surface area contributed by atoms with Crippen LogP contribution in [0.4, 0.5) is 0 Å². The highest BCUT2D eigenvalue weighted by Crippen LogP contribution is 2.19. The van der Waals surface area contributed by atoms with Crippen molar-refractivity contribution in [3.63, 3.8) is 0 Å². The summed E-state index contributed by atoms with van der Waals surface area (Å²) in [6.45, 7) is 3.86. The third-order valence-electron chi connectivity index (χ3n) is 3.19. The van der Waals surface area contributed by atoms with Gasteiger partial charge in [0.05, 0.1) is 6.04 Å². The van der Waals surface area contributed by atoms with Crippen molar-refractivity contribution in [1.29, 1.82) is 5.26 Å². The minimum Gasteiger partial charge on any atom is -0.345 e. The van der Waals surface area contributed by atoms with E-state index in [2.05, 4.69) is 5.32 Å². The molecule has 1 amide bonds. The third-order valence-corrected chi connectivity index (χ3v) is 4.16. The highest BCUT2D eigenvalue weighted by Gasteiger charge is 2.14. The van der Waals surface area contributed by atoms with Crippen LogP contribution in [0.25, 0.3) is 6.08 Å². The van der Waals surface area contributed by atoms with Crippen LogP contribution in [0.3, 0.4) is 0 Å². The van der Waals surface area contributed by atoms with E-state index in [0.29, 0.717) is 0 Å². The Kier molecular flexibility index (Phi) is 4.91. The maximum absolute atomic E-state index is 12.2. The second-order valence-corrected chi connectivity index (χ2v) is 5.69. The Morgan fingerprint density at radius 3 is 2.62 bits per heavy atom. The van der Waals surface area contributed by atoms with E-state index in [-0.39, 0.29) is 17.5 Å². The lowest BCUT2D eigenvalue weighted by atomic mass is 10.1. The predicted octanol–water partition coefficient (Wildman–Crippen LogP) is 3.84. The Morgan fingerprint density at radius 1 is 1.33 bits per heavy atom. The summed E-state index contributed by atoms with van der Waals surface area (Å²) < 4.78 is 0. The number of hydrogen-bond donors (Lipinski definition) is 1. The molecule has 3 nitrogen and oxygen atoms in total. The number of nitrogens with one attached hydrogen (secondary N) is 1. The molecule has 0 aliphatic rings. The predicted molar refractivity (Wildman–Crippen MR) is 85.6 cm³/mol. The van der Waals surface area contributed by atoms with Gasteiger partial charge >= 0.3 is 0 Å². The zero-order chi connectivity index (χ0) is 15.2. The highest BCUT2D eigenvalue weighted by atomic mass is 32.1. The number of nitriles is 1. The van der Waals surface area contributed by atoms with Crippen LogP contribution in [-0.4, -0.2) is 5.91 Å². The van der Waals surface area contributed by atoms with Gasteiger partial charge in [-0.3, -0.25) is 4.79 Å². The van der Waals surface area contributed by atoms with Gasteiger partial charge in [-0.15, -0.1) is 11.3 Å². The van der Waals surface area contributed by atoms with E-state index in [0.717, 1.165) is 16.0 Å². The molecule has 2 aromatic rings. The summed E-state index contributed by atoms with van der Waals surface area (Å²) in [5.41, 5.74) is 2.20. The van der Waals surface area contributed by atoms with Crippen LogP contribution >= 0.6 is 11.3 Å². The maximum Gasteiger partial charge on any atom is 0.262 e. The van der Waals surface area contributed by atoms with Crippen LogP contribution in [0.5, 0.6) is 0 Å². The van der Waals surface area contributed by atoms with Crippen LogP contribution in [0.1, 0.15) is 29.0 Å². The molecule has 4 heteroatoms. The van der Waals surface area contributed by atoms with E-state index in [1.54, 1.807) is 6.08 Å². The lowest BCUT2D eigenvalue weighted by molar-refractivity contribution is -0.117.